The smallest absolute Gasteiger partial charge is 0.408 e. The van der Waals surface area contributed by atoms with Crippen LogP contribution in [0.4, 0.5) is 4.79 Å². The summed E-state index contributed by atoms with van der Waals surface area (Å²) in [6.07, 6.45) is 5.05. The van der Waals surface area contributed by atoms with E-state index in [4.69, 9.17) is 18.9 Å². The summed E-state index contributed by atoms with van der Waals surface area (Å²) in [5.41, 5.74) is 1.46. The normalized spacial score (nSPS) is 22.3. The number of carbonyl (C=O) groups excluding carboxylic acids is 2. The molecule has 0 saturated carbocycles. The van der Waals surface area contributed by atoms with Crippen LogP contribution in [0.3, 0.4) is 0 Å². The molecule has 0 aliphatic carbocycles. The van der Waals surface area contributed by atoms with Crippen molar-refractivity contribution in [3.8, 4) is 11.5 Å². The number of ether oxygens (including phenoxy) is 4. The number of carbonyl (C=O) groups is 2. The second-order valence-corrected chi connectivity index (χ2v) is 9.61. The molecule has 3 rings (SSSR count). The number of rotatable bonds is 7. The van der Waals surface area contributed by atoms with E-state index in [0.29, 0.717) is 0 Å². The van der Waals surface area contributed by atoms with E-state index in [1.807, 2.05) is 12.1 Å². The summed E-state index contributed by atoms with van der Waals surface area (Å²) in [4.78, 5) is 26.1. The fourth-order valence-corrected chi connectivity index (χ4v) is 4.59. The summed E-state index contributed by atoms with van der Waals surface area (Å²) < 4.78 is 22.4. The van der Waals surface area contributed by atoms with E-state index in [1.54, 1.807) is 27.9 Å². The monoisotopic (exact) mass is 460 g/mol. The van der Waals surface area contributed by atoms with Crippen LogP contribution in [0.15, 0.2) is 24.3 Å². The molecule has 8 nitrogen and oxygen atoms in total. The van der Waals surface area contributed by atoms with Gasteiger partial charge in [0.25, 0.3) is 0 Å². The third-order valence-electron chi connectivity index (χ3n) is 5.98. The minimum absolute atomic E-state index is 0.0326. The number of methoxy groups -OCH3 is 1. The Morgan fingerprint density at radius 3 is 2.76 bits per heavy atom. The van der Waals surface area contributed by atoms with Gasteiger partial charge in [-0.05, 0) is 58.8 Å². The minimum Gasteiger partial charge on any atom is -0.493 e. The molecule has 0 fully saturated rings. The molecular weight excluding hydrogens is 424 g/mol. The van der Waals surface area contributed by atoms with Gasteiger partial charge in [0.2, 0.25) is 0 Å². The van der Waals surface area contributed by atoms with Gasteiger partial charge in [0, 0.05) is 12.1 Å². The first-order valence-electron chi connectivity index (χ1n) is 11.5. The van der Waals surface area contributed by atoms with Crippen LogP contribution >= 0.6 is 0 Å². The van der Waals surface area contributed by atoms with Crippen molar-refractivity contribution in [3.63, 3.8) is 0 Å². The molecule has 1 N–H and O–H groups in total. The van der Waals surface area contributed by atoms with Gasteiger partial charge in [0.1, 0.15) is 24.9 Å². The molecule has 0 spiro atoms. The zero-order valence-corrected chi connectivity index (χ0v) is 20.5. The Kier molecular flexibility index (Phi) is 7.57. The quantitative estimate of drug-likeness (QED) is 0.492. The van der Waals surface area contributed by atoms with Gasteiger partial charge >= 0.3 is 12.1 Å². The highest BCUT2D eigenvalue weighted by Gasteiger charge is 2.49. The van der Waals surface area contributed by atoms with Crippen molar-refractivity contribution in [2.45, 2.75) is 64.2 Å². The highest BCUT2D eigenvalue weighted by molar-refractivity contribution is 5.78. The van der Waals surface area contributed by atoms with Crippen molar-refractivity contribution in [3.05, 3.63) is 35.4 Å². The lowest BCUT2D eigenvalue weighted by molar-refractivity contribution is -0.141. The number of hydrogen-bond donors (Lipinski definition) is 1. The first-order chi connectivity index (χ1) is 15.6. The number of hydrogen-bond acceptors (Lipinski definition) is 7. The van der Waals surface area contributed by atoms with Gasteiger partial charge in [-0.1, -0.05) is 25.1 Å². The molecule has 0 aromatic heterocycles. The molecule has 1 amide bonds. The summed E-state index contributed by atoms with van der Waals surface area (Å²) in [6, 6.07) is 4.09. The second kappa shape index (κ2) is 10.0. The van der Waals surface area contributed by atoms with Crippen LogP contribution in [0.2, 0.25) is 0 Å². The molecule has 1 aromatic rings. The van der Waals surface area contributed by atoms with Crippen molar-refractivity contribution in [1.29, 1.82) is 0 Å². The Morgan fingerprint density at radius 1 is 1.33 bits per heavy atom. The molecule has 2 aliphatic heterocycles. The first-order valence-corrected chi connectivity index (χ1v) is 11.5. The van der Waals surface area contributed by atoms with E-state index in [0.717, 1.165) is 37.4 Å². The third kappa shape index (κ3) is 5.61. The van der Waals surface area contributed by atoms with E-state index in [2.05, 4.69) is 36.3 Å². The van der Waals surface area contributed by atoms with Gasteiger partial charge in [-0.2, -0.15) is 0 Å². The third-order valence-corrected chi connectivity index (χ3v) is 5.98. The number of esters is 1. The van der Waals surface area contributed by atoms with Crippen LogP contribution in [-0.2, 0) is 26.2 Å². The molecule has 0 radical (unpaired) electrons. The number of amides is 1. The molecule has 182 valence electrons. The first kappa shape index (κ1) is 24.9. The Bertz CT molecular complexity index is 907. The molecule has 0 saturated heterocycles. The number of nitrogens with one attached hydrogen (secondary N) is 1. The lowest BCUT2D eigenvalue weighted by atomic mass is 9.72. The lowest BCUT2D eigenvalue weighted by Crippen LogP contribution is -2.37. The topological polar surface area (TPSA) is 86.3 Å². The van der Waals surface area contributed by atoms with E-state index >= 15 is 0 Å². The second-order valence-electron chi connectivity index (χ2n) is 9.61. The maximum absolute atomic E-state index is 12.0. The summed E-state index contributed by atoms with van der Waals surface area (Å²) in [6.45, 7) is 9.02. The number of benzene rings is 1. The fourth-order valence-electron chi connectivity index (χ4n) is 4.59. The predicted molar refractivity (Wildman–Crippen MR) is 125 cm³/mol. The molecule has 2 atom stereocenters. The van der Waals surface area contributed by atoms with Crippen LogP contribution in [-0.4, -0.2) is 62.5 Å². The summed E-state index contributed by atoms with van der Waals surface area (Å²) in [5, 5.41) is 2.41. The van der Waals surface area contributed by atoms with E-state index in [1.165, 1.54) is 11.1 Å². The van der Waals surface area contributed by atoms with Gasteiger partial charge in [-0.3, -0.25) is 4.79 Å². The van der Waals surface area contributed by atoms with Crippen LogP contribution < -0.4 is 14.8 Å². The van der Waals surface area contributed by atoms with Crippen molar-refractivity contribution >= 4 is 12.1 Å². The lowest BCUT2D eigenvalue weighted by Gasteiger charge is -2.31. The predicted octanol–water partition coefficient (Wildman–Crippen LogP) is 3.56. The summed E-state index contributed by atoms with van der Waals surface area (Å²) in [5.74, 6) is 1.04. The van der Waals surface area contributed by atoms with E-state index in [9.17, 15) is 9.59 Å². The highest BCUT2D eigenvalue weighted by atomic mass is 16.6. The zero-order valence-electron chi connectivity index (χ0n) is 20.5. The zero-order chi connectivity index (χ0) is 24.2. The van der Waals surface area contributed by atoms with Crippen LogP contribution in [0.25, 0.3) is 0 Å². The van der Waals surface area contributed by atoms with Gasteiger partial charge < -0.3 is 29.2 Å². The molecular formula is C25H36N2O6. The van der Waals surface area contributed by atoms with Crippen LogP contribution in [0.1, 0.15) is 51.7 Å². The van der Waals surface area contributed by atoms with Gasteiger partial charge in [-0.15, -0.1) is 0 Å². The Hall–Kier alpha value is -2.74. The largest absolute Gasteiger partial charge is 0.493 e. The van der Waals surface area contributed by atoms with Crippen molar-refractivity contribution < 1.29 is 28.5 Å². The Morgan fingerprint density at radius 2 is 2.09 bits per heavy atom. The van der Waals surface area contributed by atoms with Crippen LogP contribution in [0, 0.1) is 0 Å². The Labute approximate surface area is 196 Å². The Balaban J connectivity index is 1.71. The SMILES string of the molecule is CCC1Oc2c(OC)ccc3c2C1(/C=C\COC(=O)CNC(=O)OC(C)(C)C)CCN(C)C3. The minimum atomic E-state index is -0.650. The maximum atomic E-state index is 12.0. The molecule has 2 aliphatic rings. The highest BCUT2D eigenvalue weighted by Crippen LogP contribution is 2.54. The van der Waals surface area contributed by atoms with Crippen molar-refractivity contribution in [2.75, 3.05) is 33.9 Å². The molecule has 2 unspecified atom stereocenters. The van der Waals surface area contributed by atoms with Gasteiger partial charge in [-0.25, -0.2) is 4.79 Å². The van der Waals surface area contributed by atoms with E-state index in [-0.39, 0.29) is 24.7 Å². The molecule has 2 heterocycles. The number of alkyl carbamates (subject to hydrolysis) is 1. The molecule has 8 heteroatoms. The van der Waals surface area contributed by atoms with E-state index < -0.39 is 17.7 Å². The summed E-state index contributed by atoms with van der Waals surface area (Å²) >= 11 is 0. The van der Waals surface area contributed by atoms with Crippen LogP contribution in [0.5, 0.6) is 11.5 Å². The molecule has 0 bridgehead atoms. The standard InChI is InChI=1S/C25H36N2O6/c1-7-19-25(11-8-14-31-20(28)15-26-23(29)33-24(2,3)4)12-13-27(5)16-17-9-10-18(30-6)22(32-19)21(17)25/h8-11,19H,7,12-16H2,1-6H3,(H,26,29)/b11-8-. The van der Waals surface area contributed by atoms with Crippen molar-refractivity contribution in [1.82, 2.24) is 10.2 Å². The number of nitrogens with zero attached hydrogens (tertiary/aromatic N) is 1. The average Bonchev–Trinajstić information content (AvgIpc) is 2.99. The summed E-state index contributed by atoms with van der Waals surface area (Å²) in [7, 11) is 3.78. The van der Waals surface area contributed by atoms with Crippen molar-refractivity contribution in [2.24, 2.45) is 0 Å². The molecule has 33 heavy (non-hydrogen) atoms. The maximum Gasteiger partial charge on any atom is 0.408 e. The van der Waals surface area contributed by atoms with Gasteiger partial charge in [0.05, 0.1) is 12.5 Å². The molecule has 1 aromatic carbocycles. The van der Waals surface area contributed by atoms with Gasteiger partial charge in [0.15, 0.2) is 11.5 Å². The fraction of sp³-hybridized carbons (Fsp3) is 0.600. The average molecular weight is 461 g/mol.